The van der Waals surface area contributed by atoms with Crippen molar-refractivity contribution < 1.29 is 0 Å². The van der Waals surface area contributed by atoms with Gasteiger partial charge in [-0.2, -0.15) is 11.8 Å². The summed E-state index contributed by atoms with van der Waals surface area (Å²) < 4.78 is 0. The molecule has 0 saturated carbocycles. The lowest BCUT2D eigenvalue weighted by molar-refractivity contribution is 0.259. The minimum absolute atomic E-state index is 0.744. The molecule has 2 aliphatic heterocycles. The average Bonchev–Trinajstić information content (AvgIpc) is 2.72. The molecule has 98 valence electrons. The lowest BCUT2D eigenvalue weighted by Gasteiger charge is -2.36. The molecule has 0 aromatic heterocycles. The first-order valence-corrected chi connectivity index (χ1v) is 8.75. The van der Waals surface area contributed by atoms with Crippen LogP contribution in [0, 0.1) is 0 Å². The third-order valence-corrected chi connectivity index (χ3v) is 6.25. The molecule has 0 N–H and O–H groups in total. The Bertz CT molecular complexity index is 411. The molecular formula is C15H21NS2. The van der Waals surface area contributed by atoms with Gasteiger partial charge in [0.25, 0.3) is 0 Å². The number of rotatable bonds is 2. The summed E-state index contributed by atoms with van der Waals surface area (Å²) in [5.74, 6) is 2.01. The second kappa shape index (κ2) is 5.48. The molecule has 3 unspecified atom stereocenters. The molecule has 2 heterocycles. The standard InChI is InChI=1S/C15H21NS2/c1-11-7-16(8-12(2)18-11)9-13-10-17-15-6-4-3-5-14(13)15/h3-6,11-13H,7-10H2,1-2H3. The van der Waals surface area contributed by atoms with Crippen LogP contribution in [-0.2, 0) is 0 Å². The summed E-state index contributed by atoms with van der Waals surface area (Å²) >= 11 is 4.18. The second-order valence-corrected chi connectivity index (χ2v) is 8.47. The van der Waals surface area contributed by atoms with Crippen LogP contribution in [0.15, 0.2) is 29.2 Å². The Balaban J connectivity index is 1.67. The summed E-state index contributed by atoms with van der Waals surface area (Å²) in [7, 11) is 0. The molecular weight excluding hydrogens is 258 g/mol. The van der Waals surface area contributed by atoms with E-state index in [0.717, 1.165) is 16.4 Å². The summed E-state index contributed by atoms with van der Waals surface area (Å²) in [6.45, 7) is 8.51. The number of hydrogen-bond acceptors (Lipinski definition) is 3. The van der Waals surface area contributed by atoms with Crippen LogP contribution in [0.25, 0.3) is 0 Å². The fourth-order valence-electron chi connectivity index (χ4n) is 3.13. The molecule has 0 spiro atoms. The van der Waals surface area contributed by atoms with Gasteiger partial charge in [0, 0.05) is 46.7 Å². The minimum atomic E-state index is 0.744. The van der Waals surface area contributed by atoms with Gasteiger partial charge in [0.15, 0.2) is 0 Å². The molecule has 1 fully saturated rings. The predicted molar refractivity (Wildman–Crippen MR) is 82.9 cm³/mol. The van der Waals surface area contributed by atoms with Crippen LogP contribution in [0.3, 0.4) is 0 Å². The van der Waals surface area contributed by atoms with E-state index in [1.807, 2.05) is 11.8 Å². The quantitative estimate of drug-likeness (QED) is 0.812. The maximum Gasteiger partial charge on any atom is 0.0149 e. The Morgan fingerprint density at radius 1 is 1.17 bits per heavy atom. The molecule has 18 heavy (non-hydrogen) atoms. The fraction of sp³-hybridized carbons (Fsp3) is 0.600. The maximum atomic E-state index is 2.68. The minimum Gasteiger partial charge on any atom is -0.301 e. The zero-order valence-electron chi connectivity index (χ0n) is 11.1. The number of nitrogens with zero attached hydrogens (tertiary/aromatic N) is 1. The Morgan fingerprint density at radius 3 is 2.67 bits per heavy atom. The SMILES string of the molecule is CC1CN(CC2CSc3ccccc32)CC(C)S1. The van der Waals surface area contributed by atoms with E-state index in [4.69, 9.17) is 0 Å². The van der Waals surface area contributed by atoms with Crippen molar-refractivity contribution in [1.82, 2.24) is 4.90 Å². The normalized spacial score (nSPS) is 32.4. The van der Waals surface area contributed by atoms with Crippen LogP contribution in [-0.4, -0.2) is 40.8 Å². The van der Waals surface area contributed by atoms with E-state index in [-0.39, 0.29) is 0 Å². The highest BCUT2D eigenvalue weighted by Crippen LogP contribution is 2.40. The van der Waals surface area contributed by atoms with Crippen LogP contribution >= 0.6 is 23.5 Å². The zero-order valence-corrected chi connectivity index (χ0v) is 12.8. The summed E-state index contributed by atoms with van der Waals surface area (Å²) in [5.41, 5.74) is 1.58. The van der Waals surface area contributed by atoms with Crippen LogP contribution in [0.1, 0.15) is 25.3 Å². The van der Waals surface area contributed by atoms with E-state index >= 15 is 0 Å². The molecule has 1 saturated heterocycles. The first-order chi connectivity index (χ1) is 8.72. The molecule has 0 amide bonds. The molecule has 1 aromatic rings. The van der Waals surface area contributed by atoms with Gasteiger partial charge in [0.1, 0.15) is 0 Å². The molecule has 3 atom stereocenters. The van der Waals surface area contributed by atoms with E-state index in [1.165, 1.54) is 30.3 Å². The van der Waals surface area contributed by atoms with Gasteiger partial charge in [-0.25, -0.2) is 0 Å². The third kappa shape index (κ3) is 2.73. The first kappa shape index (κ1) is 12.9. The highest BCUT2D eigenvalue weighted by molar-refractivity contribution is 8.00. The van der Waals surface area contributed by atoms with Gasteiger partial charge in [-0.3, -0.25) is 0 Å². The summed E-state index contributed by atoms with van der Waals surface area (Å²) in [5, 5.41) is 1.58. The van der Waals surface area contributed by atoms with Crippen molar-refractivity contribution in [2.75, 3.05) is 25.4 Å². The van der Waals surface area contributed by atoms with Gasteiger partial charge in [-0.05, 0) is 11.6 Å². The largest absolute Gasteiger partial charge is 0.301 e. The van der Waals surface area contributed by atoms with E-state index in [1.54, 1.807) is 5.56 Å². The fourth-order valence-corrected chi connectivity index (χ4v) is 5.75. The molecule has 1 aromatic carbocycles. The number of benzene rings is 1. The van der Waals surface area contributed by atoms with Crippen molar-refractivity contribution in [3.05, 3.63) is 29.8 Å². The van der Waals surface area contributed by atoms with Gasteiger partial charge in [-0.15, -0.1) is 11.8 Å². The van der Waals surface area contributed by atoms with Crippen molar-refractivity contribution in [2.45, 2.75) is 35.2 Å². The van der Waals surface area contributed by atoms with Crippen LogP contribution in [0.5, 0.6) is 0 Å². The van der Waals surface area contributed by atoms with Crippen LogP contribution < -0.4 is 0 Å². The van der Waals surface area contributed by atoms with Gasteiger partial charge in [0.2, 0.25) is 0 Å². The van der Waals surface area contributed by atoms with E-state index in [0.29, 0.717) is 0 Å². The van der Waals surface area contributed by atoms with Crippen molar-refractivity contribution in [3.63, 3.8) is 0 Å². The topological polar surface area (TPSA) is 3.24 Å². The maximum absolute atomic E-state index is 2.68. The van der Waals surface area contributed by atoms with E-state index in [2.05, 4.69) is 54.8 Å². The molecule has 3 rings (SSSR count). The van der Waals surface area contributed by atoms with E-state index in [9.17, 15) is 0 Å². The first-order valence-electron chi connectivity index (χ1n) is 6.82. The summed E-state index contributed by atoms with van der Waals surface area (Å²) in [6.07, 6.45) is 0. The molecule has 0 aliphatic carbocycles. The predicted octanol–water partition coefficient (Wildman–Crippen LogP) is 3.70. The van der Waals surface area contributed by atoms with Gasteiger partial charge in [-0.1, -0.05) is 32.0 Å². The summed E-state index contributed by atoms with van der Waals surface area (Å²) in [4.78, 5) is 4.19. The Morgan fingerprint density at radius 2 is 1.89 bits per heavy atom. The number of hydrogen-bond donors (Lipinski definition) is 0. The highest BCUT2D eigenvalue weighted by atomic mass is 32.2. The van der Waals surface area contributed by atoms with Gasteiger partial charge in [0.05, 0.1) is 0 Å². The lowest BCUT2D eigenvalue weighted by atomic mass is 10.0. The highest BCUT2D eigenvalue weighted by Gasteiger charge is 2.28. The summed E-state index contributed by atoms with van der Waals surface area (Å²) in [6, 6.07) is 8.95. The van der Waals surface area contributed by atoms with Crippen LogP contribution in [0.2, 0.25) is 0 Å². The second-order valence-electron chi connectivity index (χ2n) is 5.52. The van der Waals surface area contributed by atoms with Crippen LogP contribution in [0.4, 0.5) is 0 Å². The van der Waals surface area contributed by atoms with Crippen molar-refractivity contribution in [3.8, 4) is 0 Å². The monoisotopic (exact) mass is 279 g/mol. The number of fused-ring (bicyclic) bond motifs is 1. The van der Waals surface area contributed by atoms with Crippen molar-refractivity contribution in [2.24, 2.45) is 0 Å². The molecule has 3 heteroatoms. The Hall–Kier alpha value is -0.120. The Labute approximate surface area is 119 Å². The molecule has 0 radical (unpaired) electrons. The Kier molecular flexibility index (Phi) is 3.92. The van der Waals surface area contributed by atoms with Crippen molar-refractivity contribution >= 4 is 23.5 Å². The molecule has 2 aliphatic rings. The third-order valence-electron chi connectivity index (χ3n) is 3.77. The smallest absolute Gasteiger partial charge is 0.0149 e. The van der Waals surface area contributed by atoms with Crippen molar-refractivity contribution in [1.29, 1.82) is 0 Å². The average molecular weight is 279 g/mol. The van der Waals surface area contributed by atoms with E-state index < -0.39 is 0 Å². The van der Waals surface area contributed by atoms with Gasteiger partial charge < -0.3 is 4.90 Å². The molecule has 0 bridgehead atoms. The lowest BCUT2D eigenvalue weighted by Crippen LogP contribution is -2.42. The van der Waals surface area contributed by atoms with Gasteiger partial charge >= 0.3 is 0 Å². The molecule has 1 nitrogen and oxygen atoms in total. The zero-order chi connectivity index (χ0) is 12.5. The number of thioether (sulfide) groups is 2.